The highest BCUT2D eigenvalue weighted by Gasteiger charge is 2.58. The molecule has 6 atom stereocenters. The predicted octanol–water partition coefficient (Wildman–Crippen LogP) is 8.14. The van der Waals surface area contributed by atoms with Crippen LogP contribution in [0.2, 0.25) is 19.6 Å². The van der Waals surface area contributed by atoms with Crippen LogP contribution in [0.5, 0.6) is 0 Å². The van der Waals surface area contributed by atoms with Crippen LogP contribution in [0.25, 0.3) is 0 Å². The van der Waals surface area contributed by atoms with Crippen LogP contribution >= 0.6 is 0 Å². The fourth-order valence-corrected chi connectivity index (χ4v) is 11.0. The number of allylic oxidation sites excluding steroid dienone is 5. The summed E-state index contributed by atoms with van der Waals surface area (Å²) in [4.78, 5) is 57.1. The minimum Gasteiger partial charge on any atom is -0.512 e. The standard InChI is InChI=1S/C16H24O2Si.C14H18O3.C11H14O2.C7H10O2/c1-5-15-8-7-14(17)12-13(15)6-9-16(15,18)10-11-19(2,3)4;1-4-13-9-12(17-3)11(15)8-10(13)6-7-14(13,16)5-2;1-2-11-6-5-9(12)7-8(11)3-4-10(11)13;1-2-5-6(8)3-4-7(5)9/h12,18H,5-9H2,1-4H3;2,8,12,16H,4,6-7,9H2,1,3H3;7H,2-6H2,1H3;8H,2-4H2,1H3/t15-,16+;12?,13-,14-;11-;/m000./s1. The van der Waals surface area contributed by atoms with Crippen LogP contribution in [0.4, 0.5) is 0 Å². The van der Waals surface area contributed by atoms with Gasteiger partial charge in [-0.3, -0.25) is 24.0 Å². The number of carbonyl (C=O) groups excluding carboxylic acids is 5. The smallest absolute Gasteiger partial charge is 0.184 e. The van der Waals surface area contributed by atoms with Crippen molar-refractivity contribution in [3.63, 3.8) is 0 Å². The number of aliphatic hydroxyl groups excluding tert-OH is 1. The SMILES string of the molecule is C#C[C@]1(O)CCC2=CC(=O)C(OC)C[C@@]21CC.CCC1=C(O)CCC1=O.CC[C@]12CCC(=O)C=C1CCC2=O.CC[C@]12CCC(=O)C=C1CC[C@@]2(O)C#C[Si](C)(C)C. The Labute approximate surface area is 347 Å². The summed E-state index contributed by atoms with van der Waals surface area (Å²) in [5, 5.41) is 30.7. The number of aliphatic hydroxyl groups is 3. The van der Waals surface area contributed by atoms with E-state index in [9.17, 15) is 34.2 Å². The number of hydrogen-bond donors (Lipinski definition) is 3. The van der Waals surface area contributed by atoms with Crippen LogP contribution in [0, 0.1) is 40.1 Å². The van der Waals surface area contributed by atoms with Gasteiger partial charge in [-0.15, -0.1) is 12.0 Å². The van der Waals surface area contributed by atoms with E-state index in [2.05, 4.69) is 43.9 Å². The number of rotatable bonds is 5. The summed E-state index contributed by atoms with van der Waals surface area (Å²) >= 11 is 0. The van der Waals surface area contributed by atoms with Gasteiger partial charge < -0.3 is 20.1 Å². The van der Waals surface area contributed by atoms with E-state index in [0.29, 0.717) is 81.3 Å². The van der Waals surface area contributed by atoms with Crippen LogP contribution in [0.1, 0.15) is 137 Å². The van der Waals surface area contributed by atoms with Gasteiger partial charge in [0, 0.05) is 55.6 Å². The average Bonchev–Trinajstić information content (AvgIpc) is 3.89. The van der Waals surface area contributed by atoms with Gasteiger partial charge in [0.05, 0.1) is 11.2 Å². The summed E-state index contributed by atoms with van der Waals surface area (Å²) in [6.07, 6.45) is 21.7. The zero-order valence-corrected chi connectivity index (χ0v) is 37.2. The van der Waals surface area contributed by atoms with Gasteiger partial charge in [0.1, 0.15) is 31.2 Å². The largest absolute Gasteiger partial charge is 0.512 e. The summed E-state index contributed by atoms with van der Waals surface area (Å²) < 4.78 is 5.20. The van der Waals surface area contributed by atoms with Crippen molar-refractivity contribution in [3.05, 3.63) is 46.3 Å². The van der Waals surface area contributed by atoms with Gasteiger partial charge in [-0.1, -0.05) is 75.9 Å². The second kappa shape index (κ2) is 18.3. The molecule has 0 bridgehead atoms. The highest BCUT2D eigenvalue weighted by molar-refractivity contribution is 6.83. The van der Waals surface area contributed by atoms with Crippen molar-refractivity contribution in [2.75, 3.05) is 7.11 Å². The van der Waals surface area contributed by atoms with Crippen molar-refractivity contribution >= 4 is 37.0 Å². The zero-order chi connectivity index (χ0) is 43.3. The molecule has 7 aliphatic rings. The minimum absolute atomic E-state index is 0.00662. The number of terminal acetylenes is 1. The fraction of sp³-hybridized carbons (Fsp3) is 0.646. The molecular formula is C48H66O9Si. The third-order valence-electron chi connectivity index (χ3n) is 14.1. The maximum atomic E-state index is 11.8. The van der Waals surface area contributed by atoms with Crippen molar-refractivity contribution in [2.45, 2.75) is 174 Å². The lowest BCUT2D eigenvalue weighted by molar-refractivity contribution is -0.129. The van der Waals surface area contributed by atoms with Crippen molar-refractivity contribution in [3.8, 4) is 23.8 Å². The molecular weight excluding hydrogens is 749 g/mol. The van der Waals surface area contributed by atoms with E-state index in [1.807, 2.05) is 20.8 Å². The first-order valence-corrected chi connectivity index (χ1v) is 24.9. The summed E-state index contributed by atoms with van der Waals surface area (Å²) in [6.45, 7) is 14.6. The molecule has 0 saturated heterocycles. The first-order valence-electron chi connectivity index (χ1n) is 21.4. The van der Waals surface area contributed by atoms with Gasteiger partial charge in [0.25, 0.3) is 0 Å². The molecule has 58 heavy (non-hydrogen) atoms. The van der Waals surface area contributed by atoms with Crippen molar-refractivity contribution in [1.82, 2.24) is 0 Å². The van der Waals surface area contributed by atoms with Crippen LogP contribution in [0.15, 0.2) is 46.3 Å². The van der Waals surface area contributed by atoms with E-state index in [1.54, 1.807) is 18.2 Å². The van der Waals surface area contributed by atoms with Gasteiger partial charge in [0.15, 0.2) is 23.1 Å². The third-order valence-corrected chi connectivity index (χ3v) is 15.0. The van der Waals surface area contributed by atoms with Gasteiger partial charge in [-0.25, -0.2) is 0 Å². The zero-order valence-electron chi connectivity index (χ0n) is 36.2. The predicted molar refractivity (Wildman–Crippen MR) is 228 cm³/mol. The second-order valence-corrected chi connectivity index (χ2v) is 22.8. The number of carbonyl (C=O) groups is 5. The van der Waals surface area contributed by atoms with Crippen molar-refractivity contribution < 1.29 is 44.0 Å². The van der Waals surface area contributed by atoms with Crippen LogP contribution in [-0.4, -0.2) is 76.7 Å². The highest BCUT2D eigenvalue weighted by atomic mass is 28.3. The molecule has 7 rings (SSSR count). The molecule has 316 valence electrons. The lowest BCUT2D eigenvalue weighted by atomic mass is 9.64. The van der Waals surface area contributed by atoms with Gasteiger partial charge in [0.2, 0.25) is 0 Å². The highest BCUT2D eigenvalue weighted by Crippen LogP contribution is 2.58. The molecule has 0 radical (unpaired) electrons. The summed E-state index contributed by atoms with van der Waals surface area (Å²) in [5.74, 6) is 6.95. The molecule has 3 N–H and O–H groups in total. The summed E-state index contributed by atoms with van der Waals surface area (Å²) in [6, 6.07) is 0. The molecule has 1 unspecified atom stereocenters. The molecule has 10 heteroatoms. The molecule has 0 aliphatic heterocycles. The Morgan fingerprint density at radius 2 is 1.31 bits per heavy atom. The second-order valence-electron chi connectivity index (χ2n) is 18.1. The number of fused-ring (bicyclic) bond motifs is 3. The summed E-state index contributed by atoms with van der Waals surface area (Å²) in [5.41, 5.74) is 4.18. The van der Waals surface area contributed by atoms with Gasteiger partial charge in [-0.2, -0.15) is 0 Å². The quantitative estimate of drug-likeness (QED) is 0.184. The van der Waals surface area contributed by atoms with E-state index in [-0.39, 0.29) is 34.0 Å². The van der Waals surface area contributed by atoms with E-state index in [4.69, 9.17) is 16.3 Å². The van der Waals surface area contributed by atoms with Crippen molar-refractivity contribution in [1.29, 1.82) is 0 Å². The average molecular weight is 815 g/mol. The Morgan fingerprint density at radius 1 is 0.724 bits per heavy atom. The van der Waals surface area contributed by atoms with E-state index >= 15 is 0 Å². The number of ketones is 5. The topological polar surface area (TPSA) is 155 Å². The Hall–Kier alpha value is -3.67. The lowest BCUT2D eigenvalue weighted by Gasteiger charge is -2.43. The number of hydrogen-bond acceptors (Lipinski definition) is 9. The van der Waals surface area contributed by atoms with Crippen LogP contribution in [0.3, 0.4) is 0 Å². The monoisotopic (exact) mass is 814 g/mol. The first kappa shape index (κ1) is 47.0. The Balaban J connectivity index is 0.000000176. The maximum absolute atomic E-state index is 11.8. The lowest BCUT2D eigenvalue weighted by Crippen LogP contribution is -2.48. The van der Waals surface area contributed by atoms with Gasteiger partial charge >= 0.3 is 0 Å². The fourth-order valence-electron chi connectivity index (χ4n) is 10.5. The van der Waals surface area contributed by atoms with E-state index in [0.717, 1.165) is 61.7 Å². The molecule has 0 amide bonds. The van der Waals surface area contributed by atoms with Gasteiger partial charge in [-0.05, 0) is 95.3 Å². The van der Waals surface area contributed by atoms with E-state index < -0.39 is 30.8 Å². The summed E-state index contributed by atoms with van der Waals surface area (Å²) in [7, 11) is 0.0274. The normalized spacial score (nSPS) is 33.6. The molecule has 0 spiro atoms. The molecule has 0 aromatic carbocycles. The Morgan fingerprint density at radius 3 is 1.81 bits per heavy atom. The molecule has 0 aromatic heterocycles. The number of ether oxygens (including phenoxy) is 1. The third kappa shape index (κ3) is 8.92. The van der Waals surface area contributed by atoms with Crippen molar-refractivity contribution in [2.24, 2.45) is 16.2 Å². The molecule has 7 aliphatic carbocycles. The molecule has 0 heterocycles. The first-order chi connectivity index (χ1) is 27.2. The molecule has 3 fully saturated rings. The molecule has 9 nitrogen and oxygen atoms in total. The van der Waals surface area contributed by atoms with E-state index in [1.165, 1.54) is 7.11 Å². The number of methoxy groups -OCH3 is 1. The minimum atomic E-state index is -1.50. The number of Topliss-reactive ketones (excluding diaryl/α,β-unsaturated/α-hetero) is 2. The van der Waals surface area contributed by atoms with Crippen LogP contribution in [-0.2, 0) is 28.7 Å². The Kier molecular flexibility index (Phi) is 14.8. The molecule has 0 aromatic rings. The molecule has 3 saturated carbocycles. The van der Waals surface area contributed by atoms with Crippen LogP contribution < -0.4 is 0 Å². The Bertz CT molecular complexity index is 1910. The maximum Gasteiger partial charge on any atom is 0.184 e.